The van der Waals surface area contributed by atoms with Crippen LogP contribution in [0.2, 0.25) is 0 Å². The van der Waals surface area contributed by atoms with Crippen molar-refractivity contribution in [2.75, 3.05) is 17.8 Å². The van der Waals surface area contributed by atoms with Crippen LogP contribution in [0.5, 0.6) is 0 Å². The van der Waals surface area contributed by atoms with E-state index in [-0.39, 0.29) is 10.1 Å². The Labute approximate surface area is 159 Å². The fourth-order valence-corrected chi connectivity index (χ4v) is 5.20. The Kier molecular flexibility index (Phi) is 5.67. The number of amides is 1. The molecule has 1 fully saturated rings. The number of carbonyl (C=O) groups is 1. The zero-order chi connectivity index (χ0) is 18.7. The van der Waals surface area contributed by atoms with E-state index in [9.17, 15) is 13.2 Å². The van der Waals surface area contributed by atoms with Crippen LogP contribution in [0.15, 0.2) is 39.9 Å². The van der Waals surface area contributed by atoms with Gasteiger partial charge in [0.2, 0.25) is 0 Å². The summed E-state index contributed by atoms with van der Waals surface area (Å²) in [6.45, 7) is 5.67. The average molecular weight is 393 g/mol. The standard InChI is InChI=1S/C19H24N2O3S2/c1-14(2)15-6-8-17(9-7-15)20-26(23,24)18-12-16(13-25-18)19(22)21-10-4-3-5-11-21/h6-9,12-14,20H,3-5,10-11H2,1-2H3. The molecule has 0 spiro atoms. The van der Waals surface area contributed by atoms with Gasteiger partial charge >= 0.3 is 0 Å². The van der Waals surface area contributed by atoms with E-state index in [0.717, 1.165) is 49.3 Å². The Morgan fingerprint density at radius 1 is 1.12 bits per heavy atom. The second kappa shape index (κ2) is 7.80. The molecule has 0 radical (unpaired) electrons. The lowest BCUT2D eigenvalue weighted by atomic mass is 10.0. The minimum Gasteiger partial charge on any atom is -0.339 e. The van der Waals surface area contributed by atoms with Gasteiger partial charge in [-0.25, -0.2) is 8.42 Å². The number of benzene rings is 1. The fraction of sp³-hybridized carbons (Fsp3) is 0.421. The monoisotopic (exact) mass is 392 g/mol. The second-order valence-electron chi connectivity index (χ2n) is 6.89. The first kappa shape index (κ1) is 18.9. The van der Waals surface area contributed by atoms with Crippen LogP contribution in [0.4, 0.5) is 5.69 Å². The summed E-state index contributed by atoms with van der Waals surface area (Å²) in [7, 11) is -3.69. The van der Waals surface area contributed by atoms with E-state index in [4.69, 9.17) is 0 Å². The molecule has 1 aliphatic rings. The lowest BCUT2D eigenvalue weighted by molar-refractivity contribution is 0.0725. The number of nitrogens with one attached hydrogen (secondary N) is 1. The number of likely N-dealkylation sites (tertiary alicyclic amines) is 1. The van der Waals surface area contributed by atoms with E-state index in [2.05, 4.69) is 18.6 Å². The molecule has 1 saturated heterocycles. The number of nitrogens with zero attached hydrogens (tertiary/aromatic N) is 1. The van der Waals surface area contributed by atoms with Crippen molar-refractivity contribution in [3.8, 4) is 0 Å². The fourth-order valence-electron chi connectivity index (χ4n) is 2.99. The lowest BCUT2D eigenvalue weighted by Crippen LogP contribution is -2.35. The predicted molar refractivity (Wildman–Crippen MR) is 105 cm³/mol. The normalized spacial score (nSPS) is 15.3. The van der Waals surface area contributed by atoms with Gasteiger partial charge in [0.05, 0.1) is 5.56 Å². The van der Waals surface area contributed by atoms with Crippen LogP contribution in [0.1, 0.15) is 54.9 Å². The molecule has 2 aromatic rings. The highest BCUT2D eigenvalue weighted by Gasteiger charge is 2.23. The van der Waals surface area contributed by atoms with Gasteiger partial charge in [0.25, 0.3) is 15.9 Å². The molecular formula is C19H24N2O3S2. The minimum atomic E-state index is -3.69. The number of anilines is 1. The van der Waals surface area contributed by atoms with Gasteiger partial charge in [0, 0.05) is 24.2 Å². The van der Waals surface area contributed by atoms with Crippen LogP contribution >= 0.6 is 11.3 Å². The first-order chi connectivity index (χ1) is 12.4. The molecule has 0 bridgehead atoms. The number of hydrogen-bond donors (Lipinski definition) is 1. The molecule has 5 nitrogen and oxygen atoms in total. The van der Waals surface area contributed by atoms with Gasteiger partial charge in [0.1, 0.15) is 4.21 Å². The van der Waals surface area contributed by atoms with Crippen molar-refractivity contribution in [2.24, 2.45) is 0 Å². The first-order valence-electron chi connectivity index (χ1n) is 8.87. The van der Waals surface area contributed by atoms with Crippen molar-refractivity contribution >= 4 is 33.0 Å². The van der Waals surface area contributed by atoms with E-state index in [1.165, 1.54) is 6.07 Å². The summed E-state index contributed by atoms with van der Waals surface area (Å²) in [5.74, 6) is 0.310. The Bertz CT molecular complexity index is 864. The molecule has 2 heterocycles. The molecular weight excluding hydrogens is 368 g/mol. The second-order valence-corrected chi connectivity index (χ2v) is 9.71. The molecule has 26 heavy (non-hydrogen) atoms. The van der Waals surface area contributed by atoms with E-state index in [1.807, 2.05) is 12.1 Å². The Balaban J connectivity index is 1.73. The topological polar surface area (TPSA) is 66.5 Å². The summed E-state index contributed by atoms with van der Waals surface area (Å²) < 4.78 is 28.0. The third-order valence-corrected chi connectivity index (χ3v) is 7.38. The van der Waals surface area contributed by atoms with Gasteiger partial charge in [-0.1, -0.05) is 26.0 Å². The zero-order valence-electron chi connectivity index (χ0n) is 15.1. The number of piperidine rings is 1. The predicted octanol–water partition coefficient (Wildman–Crippen LogP) is 4.30. The van der Waals surface area contributed by atoms with Gasteiger partial charge in [0.15, 0.2) is 0 Å². The zero-order valence-corrected chi connectivity index (χ0v) is 16.7. The lowest BCUT2D eigenvalue weighted by Gasteiger charge is -2.26. The molecule has 0 aliphatic carbocycles. The van der Waals surface area contributed by atoms with E-state index >= 15 is 0 Å². The highest BCUT2D eigenvalue weighted by Crippen LogP contribution is 2.25. The number of thiophene rings is 1. The van der Waals surface area contributed by atoms with Crippen molar-refractivity contribution in [3.63, 3.8) is 0 Å². The van der Waals surface area contributed by atoms with Crippen LogP contribution in [-0.4, -0.2) is 32.3 Å². The summed E-state index contributed by atoms with van der Waals surface area (Å²) in [5, 5.41) is 1.63. The summed E-state index contributed by atoms with van der Waals surface area (Å²) in [6, 6.07) is 8.84. The smallest absolute Gasteiger partial charge is 0.271 e. The van der Waals surface area contributed by atoms with Crippen LogP contribution in [0, 0.1) is 0 Å². The third-order valence-electron chi connectivity index (χ3n) is 4.56. The molecule has 1 aromatic heterocycles. The van der Waals surface area contributed by atoms with Crippen LogP contribution < -0.4 is 4.72 Å². The van der Waals surface area contributed by atoms with Gasteiger partial charge in [-0.15, -0.1) is 11.3 Å². The third kappa shape index (κ3) is 4.27. The van der Waals surface area contributed by atoms with Gasteiger partial charge in [-0.3, -0.25) is 9.52 Å². The average Bonchev–Trinajstić information content (AvgIpc) is 3.13. The van der Waals surface area contributed by atoms with Crippen LogP contribution in [0.25, 0.3) is 0 Å². The SMILES string of the molecule is CC(C)c1ccc(NS(=O)(=O)c2cc(C(=O)N3CCCCC3)cs2)cc1. The van der Waals surface area contributed by atoms with Crippen molar-refractivity contribution in [2.45, 2.75) is 43.2 Å². The van der Waals surface area contributed by atoms with Gasteiger partial charge < -0.3 is 4.90 Å². The molecule has 1 aliphatic heterocycles. The van der Waals surface area contributed by atoms with E-state index in [0.29, 0.717) is 17.2 Å². The molecule has 1 amide bonds. The number of carbonyl (C=O) groups excluding carboxylic acids is 1. The molecule has 7 heteroatoms. The summed E-state index contributed by atoms with van der Waals surface area (Å²) in [6.07, 6.45) is 3.16. The molecule has 3 rings (SSSR count). The van der Waals surface area contributed by atoms with Gasteiger partial charge in [-0.05, 0) is 48.9 Å². The Morgan fingerprint density at radius 3 is 2.38 bits per heavy atom. The van der Waals surface area contributed by atoms with Gasteiger partial charge in [-0.2, -0.15) is 0 Å². The number of sulfonamides is 1. The van der Waals surface area contributed by atoms with Crippen molar-refractivity contribution in [3.05, 3.63) is 46.8 Å². The van der Waals surface area contributed by atoms with E-state index in [1.54, 1.807) is 22.4 Å². The first-order valence-corrected chi connectivity index (χ1v) is 11.2. The molecule has 0 unspecified atom stereocenters. The minimum absolute atomic E-state index is 0.0799. The summed E-state index contributed by atoms with van der Waals surface area (Å²) in [5.41, 5.74) is 2.12. The molecule has 0 atom stereocenters. The van der Waals surface area contributed by atoms with Crippen molar-refractivity contribution in [1.82, 2.24) is 4.90 Å². The summed E-state index contributed by atoms with van der Waals surface area (Å²) >= 11 is 1.08. The van der Waals surface area contributed by atoms with Crippen molar-refractivity contribution < 1.29 is 13.2 Å². The molecule has 1 aromatic carbocycles. The van der Waals surface area contributed by atoms with Crippen molar-refractivity contribution in [1.29, 1.82) is 0 Å². The summed E-state index contributed by atoms with van der Waals surface area (Å²) in [4.78, 5) is 14.3. The molecule has 0 saturated carbocycles. The Hall–Kier alpha value is -1.86. The quantitative estimate of drug-likeness (QED) is 0.825. The molecule has 1 N–H and O–H groups in total. The molecule has 140 valence electrons. The van der Waals surface area contributed by atoms with Crippen LogP contribution in [-0.2, 0) is 10.0 Å². The highest BCUT2D eigenvalue weighted by atomic mass is 32.2. The maximum Gasteiger partial charge on any atom is 0.271 e. The highest BCUT2D eigenvalue weighted by molar-refractivity contribution is 7.94. The maximum absolute atomic E-state index is 12.6. The number of rotatable bonds is 5. The largest absolute Gasteiger partial charge is 0.339 e. The van der Waals surface area contributed by atoms with Crippen LogP contribution in [0.3, 0.4) is 0 Å². The maximum atomic E-state index is 12.6. The number of hydrogen-bond acceptors (Lipinski definition) is 4. The van der Waals surface area contributed by atoms with E-state index < -0.39 is 10.0 Å². The Morgan fingerprint density at radius 2 is 1.77 bits per heavy atom.